The lowest BCUT2D eigenvalue weighted by atomic mass is 10.3. The van der Waals surface area contributed by atoms with Gasteiger partial charge in [0.05, 0.1) is 17.2 Å². The van der Waals surface area contributed by atoms with Crippen LogP contribution in [0, 0.1) is 10.1 Å². The number of carbonyl (C=O) groups is 1. The van der Waals surface area contributed by atoms with Crippen LogP contribution in [0.25, 0.3) is 0 Å². The van der Waals surface area contributed by atoms with Crippen molar-refractivity contribution >= 4 is 11.6 Å². The first kappa shape index (κ1) is 14.4. The Morgan fingerprint density at radius 2 is 2.00 bits per heavy atom. The second-order valence-electron chi connectivity index (χ2n) is 4.14. The third-order valence-electron chi connectivity index (χ3n) is 2.61. The Bertz CT molecular complexity index is 614. The molecule has 7 heteroatoms. The number of carbonyl (C=O) groups excluding carboxylic acids is 1. The first-order chi connectivity index (χ1) is 10.1. The van der Waals surface area contributed by atoms with Gasteiger partial charge >= 0.3 is 0 Å². The van der Waals surface area contributed by atoms with Crippen LogP contribution in [0.15, 0.2) is 48.7 Å². The minimum atomic E-state index is -0.497. The molecule has 0 aliphatic heterocycles. The molecule has 0 unspecified atom stereocenters. The molecule has 1 N–H and O–H groups in total. The summed E-state index contributed by atoms with van der Waals surface area (Å²) in [4.78, 5) is 25.7. The zero-order valence-corrected chi connectivity index (χ0v) is 11.1. The van der Waals surface area contributed by atoms with Gasteiger partial charge in [0.2, 0.25) is 0 Å². The number of nitrogens with one attached hydrogen (secondary N) is 1. The van der Waals surface area contributed by atoms with Crippen LogP contribution in [-0.2, 0) is 11.3 Å². The summed E-state index contributed by atoms with van der Waals surface area (Å²) < 4.78 is 5.24. The number of nitrogens with zero attached hydrogens (tertiary/aromatic N) is 2. The highest BCUT2D eigenvalue weighted by molar-refractivity contribution is 5.77. The van der Waals surface area contributed by atoms with E-state index in [1.165, 1.54) is 24.3 Å². The number of aromatic nitrogens is 1. The molecule has 21 heavy (non-hydrogen) atoms. The number of hydrogen-bond donors (Lipinski definition) is 1. The average Bonchev–Trinajstić information content (AvgIpc) is 2.52. The van der Waals surface area contributed by atoms with Gasteiger partial charge in [-0.2, -0.15) is 0 Å². The topological polar surface area (TPSA) is 94.4 Å². The van der Waals surface area contributed by atoms with Crippen LogP contribution in [0.2, 0.25) is 0 Å². The number of amides is 1. The summed E-state index contributed by atoms with van der Waals surface area (Å²) in [6.45, 7) is 0.161. The maximum absolute atomic E-state index is 11.6. The van der Waals surface area contributed by atoms with E-state index in [0.29, 0.717) is 12.3 Å². The predicted octanol–water partition coefficient (Wildman–Crippen LogP) is 1.68. The van der Waals surface area contributed by atoms with Gasteiger partial charge in [-0.3, -0.25) is 19.9 Å². The lowest BCUT2D eigenvalue weighted by Gasteiger charge is -2.07. The van der Waals surface area contributed by atoms with Crippen molar-refractivity contribution in [3.05, 3.63) is 64.5 Å². The van der Waals surface area contributed by atoms with Crippen LogP contribution in [0.4, 0.5) is 5.69 Å². The van der Waals surface area contributed by atoms with Crippen molar-refractivity contribution in [3.8, 4) is 5.75 Å². The van der Waals surface area contributed by atoms with Crippen molar-refractivity contribution < 1.29 is 14.5 Å². The molecular formula is C14H13N3O4. The van der Waals surface area contributed by atoms with Crippen LogP contribution in [-0.4, -0.2) is 22.4 Å². The predicted molar refractivity (Wildman–Crippen MR) is 74.7 cm³/mol. The zero-order chi connectivity index (χ0) is 15.1. The highest BCUT2D eigenvalue weighted by atomic mass is 16.6. The highest BCUT2D eigenvalue weighted by Gasteiger charge is 2.06. The van der Waals surface area contributed by atoms with Crippen molar-refractivity contribution in [2.45, 2.75) is 6.54 Å². The minimum Gasteiger partial charge on any atom is -0.484 e. The van der Waals surface area contributed by atoms with Gasteiger partial charge in [0.15, 0.2) is 6.61 Å². The van der Waals surface area contributed by atoms with E-state index in [1.807, 2.05) is 6.07 Å². The third-order valence-corrected chi connectivity index (χ3v) is 2.61. The molecule has 7 nitrogen and oxygen atoms in total. The van der Waals surface area contributed by atoms with Crippen molar-refractivity contribution in [1.82, 2.24) is 10.3 Å². The van der Waals surface area contributed by atoms with Crippen LogP contribution in [0.5, 0.6) is 5.75 Å². The zero-order valence-electron chi connectivity index (χ0n) is 11.1. The number of rotatable bonds is 6. The third kappa shape index (κ3) is 4.57. The number of pyridine rings is 1. The summed E-state index contributed by atoms with van der Waals surface area (Å²) in [5, 5.41) is 13.2. The molecule has 1 amide bonds. The number of nitro benzene ring substituents is 1. The van der Waals surface area contributed by atoms with E-state index in [2.05, 4.69) is 10.3 Å². The first-order valence-electron chi connectivity index (χ1n) is 6.19. The van der Waals surface area contributed by atoms with Gasteiger partial charge in [0.25, 0.3) is 11.6 Å². The van der Waals surface area contributed by atoms with Gasteiger partial charge in [0.1, 0.15) is 5.75 Å². The number of ether oxygens (including phenoxy) is 1. The molecule has 0 atom stereocenters. The Kier molecular flexibility index (Phi) is 4.81. The summed E-state index contributed by atoms with van der Waals surface area (Å²) in [6.07, 6.45) is 1.65. The standard InChI is InChI=1S/C14H13N3O4/c18-14(16-9-11-3-1-2-8-15-11)10-21-13-6-4-12(5-7-13)17(19)20/h1-8H,9-10H2,(H,16,18). The summed E-state index contributed by atoms with van der Waals surface area (Å²) in [5.41, 5.74) is 0.725. The molecule has 108 valence electrons. The Hall–Kier alpha value is -2.96. The van der Waals surface area contributed by atoms with Crippen molar-refractivity contribution in [1.29, 1.82) is 0 Å². The minimum absolute atomic E-state index is 0.0260. The Morgan fingerprint density at radius 3 is 2.62 bits per heavy atom. The lowest BCUT2D eigenvalue weighted by Crippen LogP contribution is -2.28. The van der Waals surface area contributed by atoms with Gasteiger partial charge in [-0.1, -0.05) is 6.07 Å². The molecule has 0 saturated heterocycles. The first-order valence-corrected chi connectivity index (χ1v) is 6.19. The summed E-state index contributed by atoms with van der Waals surface area (Å²) in [6, 6.07) is 11.0. The fourth-order valence-electron chi connectivity index (χ4n) is 1.56. The second kappa shape index (κ2) is 6.99. The highest BCUT2D eigenvalue weighted by Crippen LogP contribution is 2.16. The molecule has 0 aliphatic carbocycles. The number of non-ortho nitro benzene ring substituents is 1. The lowest BCUT2D eigenvalue weighted by molar-refractivity contribution is -0.384. The molecule has 1 aromatic heterocycles. The van der Waals surface area contributed by atoms with Gasteiger partial charge in [0, 0.05) is 18.3 Å². The maximum atomic E-state index is 11.6. The normalized spacial score (nSPS) is 9.90. The molecule has 2 aromatic rings. The molecular weight excluding hydrogens is 274 g/mol. The Morgan fingerprint density at radius 1 is 1.24 bits per heavy atom. The van der Waals surface area contributed by atoms with Gasteiger partial charge in [-0.05, 0) is 24.3 Å². The molecule has 1 aromatic carbocycles. The average molecular weight is 287 g/mol. The maximum Gasteiger partial charge on any atom is 0.269 e. The monoisotopic (exact) mass is 287 g/mol. The van der Waals surface area contributed by atoms with E-state index in [1.54, 1.807) is 18.3 Å². The fraction of sp³-hybridized carbons (Fsp3) is 0.143. The van der Waals surface area contributed by atoms with Crippen molar-refractivity contribution in [2.75, 3.05) is 6.61 Å². The number of nitro groups is 1. The number of hydrogen-bond acceptors (Lipinski definition) is 5. The second-order valence-corrected chi connectivity index (χ2v) is 4.14. The van der Waals surface area contributed by atoms with E-state index in [4.69, 9.17) is 4.74 Å². The molecule has 0 bridgehead atoms. The van der Waals surface area contributed by atoms with Crippen molar-refractivity contribution in [2.24, 2.45) is 0 Å². The SMILES string of the molecule is O=C(COc1ccc([N+](=O)[O-])cc1)NCc1ccccn1. The molecule has 0 fully saturated rings. The van der Waals surface area contributed by atoms with Gasteiger partial charge in [-0.25, -0.2) is 0 Å². The summed E-state index contributed by atoms with van der Waals surface area (Å²) in [7, 11) is 0. The van der Waals surface area contributed by atoms with Crippen LogP contribution in [0.1, 0.15) is 5.69 Å². The van der Waals surface area contributed by atoms with E-state index in [9.17, 15) is 14.9 Å². The number of benzene rings is 1. The molecule has 2 rings (SSSR count). The van der Waals surface area contributed by atoms with E-state index in [-0.39, 0.29) is 18.2 Å². The molecule has 0 spiro atoms. The molecule has 0 radical (unpaired) electrons. The summed E-state index contributed by atoms with van der Waals surface area (Å²) >= 11 is 0. The van der Waals surface area contributed by atoms with Gasteiger partial charge < -0.3 is 10.1 Å². The molecule has 0 aliphatic rings. The van der Waals surface area contributed by atoms with E-state index in [0.717, 1.165) is 5.69 Å². The molecule has 0 saturated carbocycles. The van der Waals surface area contributed by atoms with Crippen LogP contribution in [0.3, 0.4) is 0 Å². The smallest absolute Gasteiger partial charge is 0.269 e. The summed E-state index contributed by atoms with van der Waals surface area (Å²) in [5.74, 6) is 0.104. The largest absolute Gasteiger partial charge is 0.484 e. The quantitative estimate of drug-likeness (QED) is 0.644. The van der Waals surface area contributed by atoms with E-state index >= 15 is 0 Å². The Labute approximate surface area is 120 Å². The van der Waals surface area contributed by atoms with Gasteiger partial charge in [-0.15, -0.1) is 0 Å². The molecule has 1 heterocycles. The van der Waals surface area contributed by atoms with E-state index < -0.39 is 4.92 Å². The van der Waals surface area contributed by atoms with Crippen LogP contribution >= 0.6 is 0 Å². The van der Waals surface area contributed by atoms with Crippen LogP contribution < -0.4 is 10.1 Å². The van der Waals surface area contributed by atoms with Crippen molar-refractivity contribution in [3.63, 3.8) is 0 Å². The Balaban J connectivity index is 1.77. The fourth-order valence-corrected chi connectivity index (χ4v) is 1.56.